The summed E-state index contributed by atoms with van der Waals surface area (Å²) in [5, 5.41) is 2.48. The molecule has 1 aromatic carbocycles. The van der Waals surface area contributed by atoms with Crippen molar-refractivity contribution in [1.29, 1.82) is 0 Å². The van der Waals surface area contributed by atoms with Gasteiger partial charge in [-0.25, -0.2) is 17.5 Å². The van der Waals surface area contributed by atoms with E-state index < -0.39 is 10.0 Å². The van der Waals surface area contributed by atoms with Gasteiger partial charge in [0.2, 0.25) is 15.9 Å². The highest BCUT2D eigenvalue weighted by Gasteiger charge is 2.09. The molecule has 0 spiro atoms. The quantitative estimate of drug-likeness (QED) is 0.763. The van der Waals surface area contributed by atoms with Gasteiger partial charge >= 0.3 is 0 Å². The molecule has 0 aromatic heterocycles. The van der Waals surface area contributed by atoms with Gasteiger partial charge in [0.05, 0.1) is 5.75 Å². The van der Waals surface area contributed by atoms with E-state index in [2.05, 4.69) is 10.0 Å². The van der Waals surface area contributed by atoms with Gasteiger partial charge in [-0.3, -0.25) is 4.79 Å². The van der Waals surface area contributed by atoms with E-state index in [1.165, 1.54) is 13.1 Å². The van der Waals surface area contributed by atoms with Gasteiger partial charge < -0.3 is 5.32 Å². The minimum absolute atomic E-state index is 0.0410. The highest BCUT2D eigenvalue weighted by molar-refractivity contribution is 7.89. The number of halogens is 1. The van der Waals surface area contributed by atoms with Crippen LogP contribution in [0.5, 0.6) is 0 Å². The van der Waals surface area contributed by atoms with E-state index >= 15 is 0 Å². The van der Waals surface area contributed by atoms with Crippen LogP contribution in [0.4, 0.5) is 4.39 Å². The molecule has 0 aliphatic heterocycles. The Morgan fingerprint density at radius 3 is 2.63 bits per heavy atom. The van der Waals surface area contributed by atoms with Gasteiger partial charge in [0, 0.05) is 13.0 Å². The fraction of sp³-hybridized carbons (Fsp3) is 0.417. The maximum Gasteiger partial charge on any atom is 0.220 e. The molecule has 0 radical (unpaired) electrons. The van der Waals surface area contributed by atoms with Crippen LogP contribution in [-0.4, -0.2) is 33.7 Å². The summed E-state index contributed by atoms with van der Waals surface area (Å²) in [6, 6.07) is 6.25. The van der Waals surface area contributed by atoms with E-state index in [9.17, 15) is 17.6 Å². The highest BCUT2D eigenvalue weighted by atomic mass is 32.2. The van der Waals surface area contributed by atoms with Crippen molar-refractivity contribution >= 4 is 15.9 Å². The first-order valence-corrected chi connectivity index (χ1v) is 7.51. The minimum Gasteiger partial charge on any atom is -0.355 e. The molecule has 0 bridgehead atoms. The average molecular weight is 288 g/mol. The van der Waals surface area contributed by atoms with Crippen molar-refractivity contribution < 1.29 is 17.6 Å². The Kier molecular flexibility index (Phi) is 5.91. The summed E-state index contributed by atoms with van der Waals surface area (Å²) in [6.45, 7) is 0.0410. The number of carbonyl (C=O) groups is 1. The molecule has 1 amide bonds. The Balaban J connectivity index is 2.31. The third-order valence-corrected chi connectivity index (χ3v) is 3.95. The molecular weight excluding hydrogens is 271 g/mol. The lowest BCUT2D eigenvalue weighted by Crippen LogP contribution is -2.33. The smallest absolute Gasteiger partial charge is 0.220 e. The second-order valence-corrected chi connectivity index (χ2v) is 6.01. The maximum absolute atomic E-state index is 13.3. The zero-order chi connectivity index (χ0) is 14.3. The Hall–Kier alpha value is -1.47. The van der Waals surface area contributed by atoms with Gasteiger partial charge in [-0.15, -0.1) is 0 Å². The second kappa shape index (κ2) is 7.20. The molecule has 0 saturated carbocycles. The van der Waals surface area contributed by atoms with Crippen LogP contribution >= 0.6 is 0 Å². The van der Waals surface area contributed by atoms with E-state index in [-0.39, 0.29) is 36.9 Å². The standard InChI is InChI=1S/C12H17FN2O3S/c1-14-19(17,18)9-8-15-12(16)7-6-10-4-2-3-5-11(10)13/h2-5,14H,6-9H2,1H3,(H,15,16). The van der Waals surface area contributed by atoms with Crippen LogP contribution in [-0.2, 0) is 21.2 Å². The summed E-state index contributed by atoms with van der Waals surface area (Å²) < 4.78 is 37.6. The van der Waals surface area contributed by atoms with Crippen molar-refractivity contribution in [3.8, 4) is 0 Å². The zero-order valence-electron chi connectivity index (χ0n) is 10.6. The molecular formula is C12H17FN2O3S. The van der Waals surface area contributed by atoms with Crippen molar-refractivity contribution in [3.63, 3.8) is 0 Å². The molecule has 7 heteroatoms. The van der Waals surface area contributed by atoms with Crippen LogP contribution in [0.25, 0.3) is 0 Å². The van der Waals surface area contributed by atoms with Crippen molar-refractivity contribution in [2.24, 2.45) is 0 Å². The first kappa shape index (κ1) is 15.6. The van der Waals surface area contributed by atoms with Crippen LogP contribution in [0.15, 0.2) is 24.3 Å². The molecule has 1 aromatic rings. The molecule has 0 atom stereocenters. The lowest BCUT2D eigenvalue weighted by molar-refractivity contribution is -0.120. The van der Waals surface area contributed by atoms with Gasteiger partial charge in [-0.1, -0.05) is 18.2 Å². The fourth-order valence-electron chi connectivity index (χ4n) is 1.46. The topological polar surface area (TPSA) is 75.3 Å². The summed E-state index contributed by atoms with van der Waals surface area (Å²) >= 11 is 0. The van der Waals surface area contributed by atoms with Crippen molar-refractivity contribution in [1.82, 2.24) is 10.0 Å². The number of rotatable bonds is 7. The van der Waals surface area contributed by atoms with Gasteiger partial charge in [0.25, 0.3) is 0 Å². The predicted octanol–water partition coefficient (Wildman–Crippen LogP) is 0.424. The van der Waals surface area contributed by atoms with E-state index in [1.54, 1.807) is 18.2 Å². The van der Waals surface area contributed by atoms with Crippen LogP contribution < -0.4 is 10.0 Å². The Morgan fingerprint density at radius 1 is 1.32 bits per heavy atom. The summed E-state index contributed by atoms with van der Waals surface area (Å²) in [4.78, 5) is 11.5. The molecule has 0 unspecified atom stereocenters. The number of benzene rings is 1. The van der Waals surface area contributed by atoms with Crippen LogP contribution in [0.1, 0.15) is 12.0 Å². The second-order valence-electron chi connectivity index (χ2n) is 3.96. The number of aryl methyl sites for hydroxylation is 1. The first-order chi connectivity index (χ1) is 8.94. The Bertz CT molecular complexity index is 532. The number of nitrogens with one attached hydrogen (secondary N) is 2. The lowest BCUT2D eigenvalue weighted by atomic mass is 10.1. The monoisotopic (exact) mass is 288 g/mol. The van der Waals surface area contributed by atoms with Crippen molar-refractivity contribution in [2.75, 3.05) is 19.3 Å². The number of amides is 1. The molecule has 0 fully saturated rings. The minimum atomic E-state index is -3.31. The van der Waals surface area contributed by atoms with Crippen LogP contribution in [0, 0.1) is 5.82 Å². The van der Waals surface area contributed by atoms with Crippen molar-refractivity contribution in [3.05, 3.63) is 35.6 Å². The maximum atomic E-state index is 13.3. The van der Waals surface area contributed by atoms with Gasteiger partial charge in [-0.2, -0.15) is 0 Å². The molecule has 19 heavy (non-hydrogen) atoms. The largest absolute Gasteiger partial charge is 0.355 e. The summed E-state index contributed by atoms with van der Waals surface area (Å²) in [6.07, 6.45) is 0.415. The molecule has 106 valence electrons. The summed E-state index contributed by atoms with van der Waals surface area (Å²) in [5.74, 6) is -0.808. The molecule has 1 rings (SSSR count). The summed E-state index contributed by atoms with van der Waals surface area (Å²) in [5.41, 5.74) is 0.473. The van der Waals surface area contributed by atoms with Gasteiger partial charge in [-0.05, 0) is 25.1 Å². The third kappa shape index (κ3) is 5.80. The van der Waals surface area contributed by atoms with E-state index in [1.807, 2.05) is 0 Å². The Labute approximate surface area is 112 Å². The van der Waals surface area contributed by atoms with Gasteiger partial charge in [0.15, 0.2) is 0 Å². The number of carbonyl (C=O) groups excluding carboxylic acids is 1. The fourth-order valence-corrected chi connectivity index (χ4v) is 2.04. The van der Waals surface area contributed by atoms with E-state index in [0.717, 1.165) is 0 Å². The first-order valence-electron chi connectivity index (χ1n) is 5.86. The molecule has 0 aliphatic carbocycles. The SMILES string of the molecule is CNS(=O)(=O)CCNC(=O)CCc1ccccc1F. The van der Waals surface area contributed by atoms with E-state index in [0.29, 0.717) is 5.56 Å². The van der Waals surface area contributed by atoms with E-state index in [4.69, 9.17) is 0 Å². The average Bonchev–Trinajstić information content (AvgIpc) is 2.37. The molecule has 0 heterocycles. The molecule has 2 N–H and O–H groups in total. The highest BCUT2D eigenvalue weighted by Crippen LogP contribution is 2.08. The van der Waals surface area contributed by atoms with Crippen molar-refractivity contribution in [2.45, 2.75) is 12.8 Å². The van der Waals surface area contributed by atoms with Crippen LogP contribution in [0.3, 0.4) is 0 Å². The van der Waals surface area contributed by atoms with Crippen LogP contribution in [0.2, 0.25) is 0 Å². The predicted molar refractivity (Wildman–Crippen MR) is 70.6 cm³/mol. The number of sulfonamides is 1. The lowest BCUT2D eigenvalue weighted by Gasteiger charge is -2.06. The normalized spacial score (nSPS) is 11.3. The van der Waals surface area contributed by atoms with Gasteiger partial charge in [0.1, 0.15) is 5.82 Å². The molecule has 5 nitrogen and oxygen atoms in total. The number of hydrogen-bond acceptors (Lipinski definition) is 3. The molecule has 0 aliphatic rings. The molecule has 0 saturated heterocycles. The summed E-state index contributed by atoms with van der Waals surface area (Å²) in [7, 11) is -2.00. The zero-order valence-corrected chi connectivity index (χ0v) is 11.5. The number of hydrogen-bond donors (Lipinski definition) is 2. The Morgan fingerprint density at radius 2 is 2.00 bits per heavy atom. The third-order valence-electron chi connectivity index (χ3n) is 2.58.